The molecule has 0 radical (unpaired) electrons. The Bertz CT molecular complexity index is 389. The van der Waals surface area contributed by atoms with Crippen molar-refractivity contribution in [1.82, 2.24) is 10.3 Å². The Morgan fingerprint density at radius 3 is 2.58 bits per heavy atom. The van der Waals surface area contributed by atoms with Gasteiger partial charge in [-0.2, -0.15) is 0 Å². The van der Waals surface area contributed by atoms with Crippen molar-refractivity contribution in [3.8, 4) is 0 Å². The second-order valence-corrected chi connectivity index (χ2v) is 7.62. The zero-order chi connectivity index (χ0) is 13.9. The predicted molar refractivity (Wildman–Crippen MR) is 80.5 cm³/mol. The van der Waals surface area contributed by atoms with E-state index in [2.05, 4.69) is 31.5 Å². The molecule has 1 aromatic rings. The molecule has 1 fully saturated rings. The molecule has 0 aliphatic heterocycles. The Kier molecular flexibility index (Phi) is 4.98. The molecule has 1 aliphatic rings. The highest BCUT2D eigenvalue weighted by molar-refractivity contribution is 7.09. The summed E-state index contributed by atoms with van der Waals surface area (Å²) in [5.41, 5.74) is 1.34. The van der Waals surface area contributed by atoms with Crippen molar-refractivity contribution in [1.29, 1.82) is 0 Å². The lowest BCUT2D eigenvalue weighted by Gasteiger charge is -2.25. The summed E-state index contributed by atoms with van der Waals surface area (Å²) in [7, 11) is 0. The van der Waals surface area contributed by atoms with Crippen molar-refractivity contribution in [2.24, 2.45) is 5.92 Å². The molecule has 0 amide bonds. The number of nitrogens with zero attached hydrogens (tertiary/aromatic N) is 1. The van der Waals surface area contributed by atoms with Crippen LogP contribution in [0.4, 0.5) is 0 Å². The van der Waals surface area contributed by atoms with Crippen LogP contribution in [0.15, 0.2) is 5.38 Å². The summed E-state index contributed by atoms with van der Waals surface area (Å²) in [6.45, 7) is 8.53. The molecule has 0 aromatic carbocycles. The standard InChI is InChI=1S/C15H26N2OS/c1-15(2,3)13-10-19-14(17-13)9-16-8-11-4-6-12(18)7-5-11/h10-12,16,18H,4-9H2,1-3H3. The molecule has 2 rings (SSSR count). The largest absolute Gasteiger partial charge is 0.393 e. The van der Waals surface area contributed by atoms with Crippen LogP contribution in [0.2, 0.25) is 0 Å². The number of hydrogen-bond donors (Lipinski definition) is 2. The van der Waals surface area contributed by atoms with Gasteiger partial charge in [0.1, 0.15) is 5.01 Å². The Balaban J connectivity index is 1.72. The number of hydrogen-bond acceptors (Lipinski definition) is 4. The summed E-state index contributed by atoms with van der Waals surface area (Å²) in [5.74, 6) is 0.727. The summed E-state index contributed by atoms with van der Waals surface area (Å²) in [5, 5.41) is 16.4. The zero-order valence-electron chi connectivity index (χ0n) is 12.3. The minimum atomic E-state index is -0.0513. The number of nitrogens with one attached hydrogen (secondary N) is 1. The van der Waals surface area contributed by atoms with Gasteiger partial charge in [-0.25, -0.2) is 4.98 Å². The fraction of sp³-hybridized carbons (Fsp3) is 0.800. The van der Waals surface area contributed by atoms with Gasteiger partial charge in [-0.15, -0.1) is 11.3 Å². The lowest BCUT2D eigenvalue weighted by atomic mass is 9.87. The summed E-state index contributed by atoms with van der Waals surface area (Å²) >= 11 is 1.75. The molecule has 1 aliphatic carbocycles. The molecule has 0 bridgehead atoms. The molecule has 3 nitrogen and oxygen atoms in total. The number of rotatable bonds is 4. The molecule has 0 spiro atoms. The van der Waals surface area contributed by atoms with Crippen molar-refractivity contribution >= 4 is 11.3 Å². The van der Waals surface area contributed by atoms with Crippen molar-refractivity contribution < 1.29 is 5.11 Å². The van der Waals surface area contributed by atoms with Crippen LogP contribution in [-0.4, -0.2) is 22.7 Å². The van der Waals surface area contributed by atoms with Crippen LogP contribution in [0.5, 0.6) is 0 Å². The third-order valence-corrected chi connectivity index (χ3v) is 4.69. The second-order valence-electron chi connectivity index (χ2n) is 6.68. The molecular weight excluding hydrogens is 256 g/mol. The van der Waals surface area contributed by atoms with Gasteiger partial charge in [-0.1, -0.05) is 20.8 Å². The molecule has 1 heterocycles. The third-order valence-electron chi connectivity index (χ3n) is 3.85. The molecule has 0 atom stereocenters. The Morgan fingerprint density at radius 1 is 1.32 bits per heavy atom. The minimum Gasteiger partial charge on any atom is -0.393 e. The van der Waals surface area contributed by atoms with Crippen molar-refractivity contribution in [2.45, 2.75) is 64.5 Å². The zero-order valence-corrected chi connectivity index (χ0v) is 13.1. The minimum absolute atomic E-state index is 0.0513. The predicted octanol–water partition coefficient (Wildman–Crippen LogP) is 3.08. The molecular formula is C15H26N2OS. The quantitative estimate of drug-likeness (QED) is 0.892. The topological polar surface area (TPSA) is 45.1 Å². The van der Waals surface area contributed by atoms with E-state index >= 15 is 0 Å². The van der Waals surface area contributed by atoms with Crippen LogP contribution in [0.1, 0.15) is 57.2 Å². The van der Waals surface area contributed by atoms with Crippen molar-refractivity contribution in [3.63, 3.8) is 0 Å². The Hall–Kier alpha value is -0.450. The van der Waals surface area contributed by atoms with Gasteiger partial charge in [0, 0.05) is 17.3 Å². The van der Waals surface area contributed by atoms with E-state index in [1.807, 2.05) is 0 Å². The highest BCUT2D eigenvalue weighted by atomic mass is 32.1. The lowest BCUT2D eigenvalue weighted by molar-refractivity contribution is 0.108. The van der Waals surface area contributed by atoms with Gasteiger partial charge in [0.05, 0.1) is 11.8 Å². The summed E-state index contributed by atoms with van der Waals surface area (Å²) in [6.07, 6.45) is 4.19. The molecule has 2 N–H and O–H groups in total. The van der Waals surface area contributed by atoms with Crippen LogP contribution in [0.25, 0.3) is 0 Å². The van der Waals surface area contributed by atoms with Gasteiger partial charge in [-0.05, 0) is 38.1 Å². The van der Waals surface area contributed by atoms with Crippen LogP contribution in [0.3, 0.4) is 0 Å². The van der Waals surface area contributed by atoms with Crippen LogP contribution >= 0.6 is 11.3 Å². The Morgan fingerprint density at radius 2 is 2.00 bits per heavy atom. The maximum Gasteiger partial charge on any atom is 0.107 e. The first kappa shape index (κ1) is 14.9. The first-order valence-electron chi connectivity index (χ1n) is 7.29. The first-order chi connectivity index (χ1) is 8.95. The van der Waals surface area contributed by atoms with Crippen molar-refractivity contribution in [3.05, 3.63) is 16.1 Å². The van der Waals surface area contributed by atoms with Crippen LogP contribution < -0.4 is 5.32 Å². The van der Waals surface area contributed by atoms with Gasteiger partial charge in [0.15, 0.2) is 0 Å². The average Bonchev–Trinajstić information content (AvgIpc) is 2.80. The first-order valence-corrected chi connectivity index (χ1v) is 8.17. The summed E-state index contributed by atoms with van der Waals surface area (Å²) < 4.78 is 0. The van der Waals surface area contributed by atoms with Crippen molar-refractivity contribution in [2.75, 3.05) is 6.54 Å². The fourth-order valence-electron chi connectivity index (χ4n) is 2.47. The van der Waals surface area contributed by atoms with E-state index in [0.717, 1.165) is 44.7 Å². The van der Waals surface area contributed by atoms with Gasteiger partial charge >= 0.3 is 0 Å². The molecule has 108 valence electrons. The van der Waals surface area contributed by atoms with E-state index < -0.39 is 0 Å². The van der Waals surface area contributed by atoms with E-state index in [9.17, 15) is 5.11 Å². The number of aliphatic hydroxyl groups excluding tert-OH is 1. The number of aliphatic hydroxyl groups is 1. The molecule has 1 aromatic heterocycles. The maximum atomic E-state index is 9.48. The second kappa shape index (κ2) is 6.33. The van der Waals surface area contributed by atoms with Crippen LogP contribution in [0, 0.1) is 5.92 Å². The molecule has 19 heavy (non-hydrogen) atoms. The summed E-state index contributed by atoms with van der Waals surface area (Å²) in [6, 6.07) is 0. The normalized spacial score (nSPS) is 24.6. The molecule has 1 saturated carbocycles. The SMILES string of the molecule is CC(C)(C)c1csc(CNCC2CCC(O)CC2)n1. The van der Waals surface area contributed by atoms with E-state index in [1.165, 1.54) is 10.7 Å². The number of aromatic nitrogens is 1. The van der Waals surface area contributed by atoms with Gasteiger partial charge in [-0.3, -0.25) is 0 Å². The molecule has 0 unspecified atom stereocenters. The molecule has 4 heteroatoms. The molecule has 0 saturated heterocycles. The fourth-order valence-corrected chi connectivity index (χ4v) is 3.46. The van der Waals surface area contributed by atoms with Crippen LogP contribution in [-0.2, 0) is 12.0 Å². The maximum absolute atomic E-state index is 9.48. The highest BCUT2D eigenvalue weighted by Gasteiger charge is 2.19. The van der Waals surface area contributed by atoms with Gasteiger partial charge < -0.3 is 10.4 Å². The lowest BCUT2D eigenvalue weighted by Crippen LogP contribution is -2.27. The van der Waals surface area contributed by atoms with E-state index in [-0.39, 0.29) is 11.5 Å². The van der Waals surface area contributed by atoms with E-state index in [1.54, 1.807) is 11.3 Å². The van der Waals surface area contributed by atoms with E-state index in [4.69, 9.17) is 4.98 Å². The average molecular weight is 282 g/mol. The van der Waals surface area contributed by atoms with Gasteiger partial charge in [0.25, 0.3) is 0 Å². The highest BCUT2D eigenvalue weighted by Crippen LogP contribution is 2.25. The van der Waals surface area contributed by atoms with E-state index in [0.29, 0.717) is 0 Å². The smallest absolute Gasteiger partial charge is 0.107 e. The monoisotopic (exact) mass is 282 g/mol. The Labute approximate surface area is 120 Å². The number of thiazole rings is 1. The third kappa shape index (κ3) is 4.55. The van der Waals surface area contributed by atoms with Gasteiger partial charge in [0.2, 0.25) is 0 Å². The summed E-state index contributed by atoms with van der Waals surface area (Å²) in [4.78, 5) is 4.69.